The fourth-order valence-corrected chi connectivity index (χ4v) is 1.52. The van der Waals surface area contributed by atoms with E-state index in [1.165, 1.54) is 0 Å². The molecule has 0 saturated carbocycles. The lowest BCUT2D eigenvalue weighted by Gasteiger charge is -2.12. The number of rotatable bonds is 6. The number of methoxy groups -OCH3 is 1. The first kappa shape index (κ1) is 12.7. The molecule has 0 fully saturated rings. The van der Waals surface area contributed by atoms with Crippen LogP contribution in [0.15, 0.2) is 10.9 Å². The summed E-state index contributed by atoms with van der Waals surface area (Å²) in [6.45, 7) is 1.58. The molecule has 0 aromatic carbocycles. The van der Waals surface area contributed by atoms with E-state index in [0.29, 0.717) is 31.4 Å². The molecule has 0 radical (unpaired) electrons. The molecule has 2 aromatic rings. The Morgan fingerprint density at radius 2 is 2.28 bits per heavy atom. The van der Waals surface area contributed by atoms with E-state index in [-0.39, 0.29) is 0 Å². The molecule has 98 valence electrons. The predicted molar refractivity (Wildman–Crippen MR) is 61.2 cm³/mol. The largest absolute Gasteiger partial charge is 0.377 e. The van der Waals surface area contributed by atoms with Crippen molar-refractivity contribution in [3.8, 4) is 0 Å². The summed E-state index contributed by atoms with van der Waals surface area (Å²) < 4.78 is 11.9. The second kappa shape index (κ2) is 5.69. The molecule has 0 unspecified atom stereocenters. The number of aryl methyl sites for hydroxylation is 1. The highest BCUT2D eigenvalue weighted by Crippen LogP contribution is 2.05. The van der Waals surface area contributed by atoms with Gasteiger partial charge in [-0.1, -0.05) is 5.16 Å². The number of ether oxygens (including phenoxy) is 1. The van der Waals surface area contributed by atoms with Crippen molar-refractivity contribution < 1.29 is 9.26 Å². The molecule has 0 spiro atoms. The molecule has 0 saturated heterocycles. The molecule has 0 bridgehead atoms. The van der Waals surface area contributed by atoms with E-state index in [1.54, 1.807) is 13.4 Å². The summed E-state index contributed by atoms with van der Waals surface area (Å²) in [4.78, 5) is 6.23. The van der Waals surface area contributed by atoms with E-state index in [1.807, 2.05) is 23.6 Å². The molecule has 0 aliphatic rings. The number of nitrogens with zero attached hydrogens (tertiary/aromatic N) is 6. The lowest BCUT2D eigenvalue weighted by atomic mass is 10.5. The molecule has 8 heteroatoms. The molecule has 0 amide bonds. The highest BCUT2D eigenvalue weighted by Gasteiger charge is 2.11. The Kier molecular flexibility index (Phi) is 4.00. The number of aromatic nitrogens is 5. The van der Waals surface area contributed by atoms with Gasteiger partial charge in [-0.15, -0.1) is 10.2 Å². The van der Waals surface area contributed by atoms with Crippen LogP contribution in [0.4, 0.5) is 0 Å². The fourth-order valence-electron chi connectivity index (χ4n) is 1.52. The van der Waals surface area contributed by atoms with Crippen molar-refractivity contribution in [2.45, 2.75) is 19.7 Å². The third-order valence-electron chi connectivity index (χ3n) is 2.41. The Morgan fingerprint density at radius 1 is 1.44 bits per heavy atom. The Labute approximate surface area is 105 Å². The average molecular weight is 252 g/mol. The van der Waals surface area contributed by atoms with Crippen LogP contribution in [0.2, 0.25) is 0 Å². The lowest BCUT2D eigenvalue weighted by molar-refractivity contribution is 0.174. The van der Waals surface area contributed by atoms with Crippen LogP contribution >= 0.6 is 0 Å². The maximum atomic E-state index is 5.11. The molecule has 0 N–H and O–H groups in total. The van der Waals surface area contributed by atoms with Gasteiger partial charge in [-0.25, -0.2) is 0 Å². The van der Waals surface area contributed by atoms with Crippen LogP contribution in [0.5, 0.6) is 0 Å². The summed E-state index contributed by atoms with van der Waals surface area (Å²) in [5.41, 5.74) is 0. The first-order valence-electron chi connectivity index (χ1n) is 5.51. The first-order chi connectivity index (χ1) is 8.69. The van der Waals surface area contributed by atoms with Crippen LogP contribution in [-0.2, 0) is 31.5 Å². The van der Waals surface area contributed by atoms with Crippen LogP contribution < -0.4 is 0 Å². The summed E-state index contributed by atoms with van der Waals surface area (Å²) in [5, 5.41) is 11.6. The van der Waals surface area contributed by atoms with E-state index in [2.05, 4.69) is 20.3 Å². The SMILES string of the molecule is COCc1noc(CN(C)Cc2nncn2C)n1. The predicted octanol–water partition coefficient (Wildman–Crippen LogP) is -0.0235. The molecular formula is C10H16N6O2. The van der Waals surface area contributed by atoms with Crippen LogP contribution in [-0.4, -0.2) is 44.0 Å². The third kappa shape index (κ3) is 3.11. The van der Waals surface area contributed by atoms with Gasteiger partial charge in [0.15, 0.2) is 5.82 Å². The lowest BCUT2D eigenvalue weighted by Crippen LogP contribution is -2.19. The zero-order valence-electron chi connectivity index (χ0n) is 10.7. The second-order valence-corrected chi connectivity index (χ2v) is 4.07. The normalized spacial score (nSPS) is 11.3. The molecule has 2 rings (SSSR count). The molecule has 18 heavy (non-hydrogen) atoms. The van der Waals surface area contributed by atoms with E-state index in [4.69, 9.17) is 9.26 Å². The number of hydrogen-bond acceptors (Lipinski definition) is 7. The van der Waals surface area contributed by atoms with Crippen molar-refractivity contribution in [1.82, 2.24) is 29.8 Å². The Morgan fingerprint density at radius 3 is 2.94 bits per heavy atom. The third-order valence-corrected chi connectivity index (χ3v) is 2.41. The highest BCUT2D eigenvalue weighted by molar-refractivity contribution is 4.87. The van der Waals surface area contributed by atoms with Crippen molar-refractivity contribution >= 4 is 0 Å². The first-order valence-corrected chi connectivity index (χ1v) is 5.51. The molecule has 0 aliphatic carbocycles. The minimum Gasteiger partial charge on any atom is -0.377 e. The minimum absolute atomic E-state index is 0.358. The van der Waals surface area contributed by atoms with Crippen LogP contribution in [0, 0.1) is 0 Å². The standard InChI is InChI=1S/C10H16N6O2/c1-15(4-9-13-11-7-16(9)2)5-10-12-8(6-17-3)14-18-10/h7H,4-6H2,1-3H3. The molecule has 0 aliphatic heterocycles. The molecule has 8 nitrogen and oxygen atoms in total. The Balaban J connectivity index is 1.90. The minimum atomic E-state index is 0.358. The zero-order chi connectivity index (χ0) is 13.0. The second-order valence-electron chi connectivity index (χ2n) is 4.07. The van der Waals surface area contributed by atoms with Crippen LogP contribution in [0.25, 0.3) is 0 Å². The van der Waals surface area contributed by atoms with Gasteiger partial charge in [0.05, 0.1) is 13.1 Å². The Hall–Kier alpha value is -1.80. The van der Waals surface area contributed by atoms with Crippen LogP contribution in [0.3, 0.4) is 0 Å². The molecule has 2 aromatic heterocycles. The van der Waals surface area contributed by atoms with E-state index in [0.717, 1.165) is 5.82 Å². The summed E-state index contributed by atoms with van der Waals surface area (Å²) in [5.74, 6) is 2.00. The number of hydrogen-bond donors (Lipinski definition) is 0. The van der Waals surface area contributed by atoms with Gasteiger partial charge in [0.1, 0.15) is 18.8 Å². The van der Waals surface area contributed by atoms with E-state index >= 15 is 0 Å². The summed E-state index contributed by atoms with van der Waals surface area (Å²) in [6, 6.07) is 0. The van der Waals surface area contributed by atoms with Gasteiger partial charge in [0.2, 0.25) is 5.89 Å². The van der Waals surface area contributed by atoms with Crippen molar-refractivity contribution in [2.24, 2.45) is 7.05 Å². The van der Waals surface area contributed by atoms with Gasteiger partial charge in [0.25, 0.3) is 0 Å². The average Bonchev–Trinajstić information content (AvgIpc) is 2.90. The maximum Gasteiger partial charge on any atom is 0.240 e. The van der Waals surface area contributed by atoms with Gasteiger partial charge >= 0.3 is 0 Å². The monoisotopic (exact) mass is 252 g/mol. The molecule has 0 atom stereocenters. The van der Waals surface area contributed by atoms with Gasteiger partial charge in [-0.3, -0.25) is 4.90 Å². The topological polar surface area (TPSA) is 82.1 Å². The van der Waals surface area contributed by atoms with Crippen LogP contribution in [0.1, 0.15) is 17.5 Å². The zero-order valence-corrected chi connectivity index (χ0v) is 10.7. The smallest absolute Gasteiger partial charge is 0.240 e. The van der Waals surface area contributed by atoms with Crippen molar-refractivity contribution in [3.63, 3.8) is 0 Å². The molecule has 2 heterocycles. The van der Waals surface area contributed by atoms with Gasteiger partial charge in [-0.2, -0.15) is 4.98 Å². The maximum absolute atomic E-state index is 5.11. The van der Waals surface area contributed by atoms with Crippen molar-refractivity contribution in [1.29, 1.82) is 0 Å². The highest BCUT2D eigenvalue weighted by atomic mass is 16.5. The van der Waals surface area contributed by atoms with Crippen molar-refractivity contribution in [2.75, 3.05) is 14.2 Å². The van der Waals surface area contributed by atoms with Gasteiger partial charge in [0, 0.05) is 14.2 Å². The van der Waals surface area contributed by atoms with Gasteiger partial charge in [-0.05, 0) is 7.05 Å². The van der Waals surface area contributed by atoms with Crippen molar-refractivity contribution in [3.05, 3.63) is 23.9 Å². The van der Waals surface area contributed by atoms with Gasteiger partial charge < -0.3 is 13.8 Å². The van der Waals surface area contributed by atoms with E-state index < -0.39 is 0 Å². The Bertz CT molecular complexity index is 494. The van der Waals surface area contributed by atoms with E-state index in [9.17, 15) is 0 Å². The fraction of sp³-hybridized carbons (Fsp3) is 0.600. The quantitative estimate of drug-likeness (QED) is 0.714. The molecular weight excluding hydrogens is 236 g/mol. The summed E-state index contributed by atoms with van der Waals surface area (Å²) >= 11 is 0. The summed E-state index contributed by atoms with van der Waals surface area (Å²) in [6.07, 6.45) is 1.67. The summed E-state index contributed by atoms with van der Waals surface area (Å²) in [7, 11) is 5.46.